The molecule has 0 saturated heterocycles. The second-order valence-corrected chi connectivity index (χ2v) is 4.17. The van der Waals surface area contributed by atoms with Crippen LogP contribution in [0, 0.1) is 11.8 Å². The van der Waals surface area contributed by atoms with Gasteiger partial charge in [-0.25, -0.2) is 4.98 Å². The molecule has 0 unspecified atom stereocenters. The smallest absolute Gasteiger partial charge is 0.255 e. The molecule has 1 amide bonds. The molecule has 0 atom stereocenters. The molecule has 0 radical (unpaired) electrons. The summed E-state index contributed by atoms with van der Waals surface area (Å²) in [6.45, 7) is 0.682. The number of hydrogen-bond donors (Lipinski definition) is 2. The number of pyridine rings is 1. The van der Waals surface area contributed by atoms with E-state index in [4.69, 9.17) is 5.73 Å². The number of H-pyrrole nitrogens is 1. The van der Waals surface area contributed by atoms with Gasteiger partial charge >= 0.3 is 0 Å². The number of nitrogens with one attached hydrogen (secondary N) is 1. The average molecular weight is 269 g/mol. The number of aromatic amines is 1. The van der Waals surface area contributed by atoms with Crippen LogP contribution in [0.4, 0.5) is 0 Å². The van der Waals surface area contributed by atoms with Gasteiger partial charge in [0, 0.05) is 37.4 Å². The second kappa shape index (κ2) is 6.50. The van der Waals surface area contributed by atoms with Crippen molar-refractivity contribution in [2.75, 3.05) is 13.6 Å². The quantitative estimate of drug-likeness (QED) is 0.789. The van der Waals surface area contributed by atoms with Gasteiger partial charge in [-0.05, 0) is 6.07 Å². The Bertz CT molecular complexity index is 639. The normalized spacial score (nSPS) is 9.70. The lowest BCUT2D eigenvalue weighted by atomic mass is 10.2. The van der Waals surface area contributed by atoms with Gasteiger partial charge in [-0.2, -0.15) is 0 Å². The zero-order valence-corrected chi connectivity index (χ0v) is 11.1. The van der Waals surface area contributed by atoms with Gasteiger partial charge in [-0.1, -0.05) is 11.8 Å². The molecule has 0 aliphatic rings. The lowest BCUT2D eigenvalue weighted by Crippen LogP contribution is -2.26. The highest BCUT2D eigenvalue weighted by Crippen LogP contribution is 2.07. The van der Waals surface area contributed by atoms with E-state index >= 15 is 0 Å². The van der Waals surface area contributed by atoms with Crippen LogP contribution >= 0.6 is 0 Å². The molecule has 0 aromatic carbocycles. The van der Waals surface area contributed by atoms with Crippen LogP contribution in [0.15, 0.2) is 30.9 Å². The van der Waals surface area contributed by atoms with E-state index in [1.807, 2.05) is 0 Å². The minimum atomic E-state index is -0.134. The zero-order valence-electron chi connectivity index (χ0n) is 11.1. The largest absolute Gasteiger partial charge is 0.347 e. The standard InChI is InChI=1S/C14H15N5O/c1-19(10-13-17-5-6-18-13)14(20)12-7-11(3-2-4-15)8-16-9-12/h5-9H,4,10,15H2,1H3,(H,17,18). The second-order valence-electron chi connectivity index (χ2n) is 4.17. The Morgan fingerprint density at radius 1 is 1.50 bits per heavy atom. The summed E-state index contributed by atoms with van der Waals surface area (Å²) in [7, 11) is 1.71. The maximum atomic E-state index is 12.3. The number of nitrogens with two attached hydrogens (primary N) is 1. The van der Waals surface area contributed by atoms with Crippen LogP contribution < -0.4 is 5.73 Å². The highest BCUT2D eigenvalue weighted by Gasteiger charge is 2.13. The van der Waals surface area contributed by atoms with Gasteiger partial charge in [-0.15, -0.1) is 0 Å². The number of nitrogens with zero attached hydrogens (tertiary/aromatic N) is 3. The summed E-state index contributed by atoms with van der Waals surface area (Å²) in [5.74, 6) is 6.19. The molecule has 2 rings (SSSR count). The molecule has 6 heteroatoms. The van der Waals surface area contributed by atoms with E-state index in [2.05, 4.69) is 26.8 Å². The fourth-order valence-corrected chi connectivity index (χ4v) is 1.68. The van der Waals surface area contributed by atoms with E-state index in [1.54, 1.807) is 36.6 Å². The van der Waals surface area contributed by atoms with Gasteiger partial charge < -0.3 is 15.6 Å². The maximum absolute atomic E-state index is 12.3. The molecule has 2 heterocycles. The van der Waals surface area contributed by atoms with E-state index in [0.717, 1.165) is 5.82 Å². The number of imidazole rings is 1. The highest BCUT2D eigenvalue weighted by atomic mass is 16.2. The van der Waals surface area contributed by atoms with Crippen molar-refractivity contribution in [2.24, 2.45) is 5.73 Å². The molecule has 0 spiro atoms. The Morgan fingerprint density at radius 2 is 2.35 bits per heavy atom. The van der Waals surface area contributed by atoms with Gasteiger partial charge in [-0.3, -0.25) is 9.78 Å². The van der Waals surface area contributed by atoms with Crippen LogP contribution in [0.3, 0.4) is 0 Å². The van der Waals surface area contributed by atoms with Crippen LogP contribution in [0.25, 0.3) is 0 Å². The Labute approximate surface area is 117 Å². The summed E-state index contributed by atoms with van der Waals surface area (Å²) in [4.78, 5) is 24.9. The van der Waals surface area contributed by atoms with Crippen molar-refractivity contribution in [3.05, 3.63) is 47.8 Å². The fraction of sp³-hybridized carbons (Fsp3) is 0.214. The minimum absolute atomic E-state index is 0.134. The lowest BCUT2D eigenvalue weighted by Gasteiger charge is -2.15. The Morgan fingerprint density at radius 3 is 3.05 bits per heavy atom. The van der Waals surface area contributed by atoms with E-state index in [0.29, 0.717) is 17.7 Å². The number of carbonyl (C=O) groups is 1. The third-order valence-electron chi connectivity index (χ3n) is 2.61. The maximum Gasteiger partial charge on any atom is 0.255 e. The number of amides is 1. The highest BCUT2D eigenvalue weighted by molar-refractivity contribution is 5.94. The predicted octanol–water partition coefficient (Wildman–Crippen LogP) is 0.387. The van der Waals surface area contributed by atoms with E-state index in [-0.39, 0.29) is 12.5 Å². The molecular weight excluding hydrogens is 254 g/mol. The molecule has 0 fully saturated rings. The van der Waals surface area contributed by atoms with Crippen molar-refractivity contribution in [3.8, 4) is 11.8 Å². The topological polar surface area (TPSA) is 87.9 Å². The number of rotatable bonds is 3. The zero-order chi connectivity index (χ0) is 14.4. The summed E-state index contributed by atoms with van der Waals surface area (Å²) in [6, 6.07) is 1.70. The Hall–Kier alpha value is -2.65. The van der Waals surface area contributed by atoms with Crippen LogP contribution in [0.1, 0.15) is 21.7 Å². The molecule has 20 heavy (non-hydrogen) atoms. The predicted molar refractivity (Wildman–Crippen MR) is 74.6 cm³/mol. The van der Waals surface area contributed by atoms with Crippen molar-refractivity contribution in [3.63, 3.8) is 0 Å². The third-order valence-corrected chi connectivity index (χ3v) is 2.61. The monoisotopic (exact) mass is 269 g/mol. The van der Waals surface area contributed by atoms with Gasteiger partial charge in [0.05, 0.1) is 18.7 Å². The van der Waals surface area contributed by atoms with Crippen molar-refractivity contribution in [1.82, 2.24) is 19.9 Å². The molecule has 6 nitrogen and oxygen atoms in total. The molecule has 0 saturated carbocycles. The third kappa shape index (κ3) is 3.43. The van der Waals surface area contributed by atoms with Crippen molar-refractivity contribution < 1.29 is 4.79 Å². The molecule has 102 valence electrons. The van der Waals surface area contributed by atoms with Gasteiger partial charge in [0.2, 0.25) is 0 Å². The van der Waals surface area contributed by atoms with Crippen molar-refractivity contribution in [2.45, 2.75) is 6.54 Å². The number of hydrogen-bond acceptors (Lipinski definition) is 4. The first-order valence-electron chi connectivity index (χ1n) is 6.08. The summed E-state index contributed by atoms with van der Waals surface area (Å²) in [6.07, 6.45) is 6.50. The summed E-state index contributed by atoms with van der Waals surface area (Å²) >= 11 is 0. The molecule has 0 aliphatic heterocycles. The van der Waals surface area contributed by atoms with Crippen molar-refractivity contribution in [1.29, 1.82) is 0 Å². The molecule has 2 aromatic heterocycles. The lowest BCUT2D eigenvalue weighted by molar-refractivity contribution is 0.0781. The Kier molecular flexibility index (Phi) is 4.47. The van der Waals surface area contributed by atoms with Crippen LogP contribution in [0.2, 0.25) is 0 Å². The van der Waals surface area contributed by atoms with E-state index in [9.17, 15) is 4.79 Å². The number of carbonyl (C=O) groups excluding carboxylic acids is 1. The van der Waals surface area contributed by atoms with Crippen LogP contribution in [0.5, 0.6) is 0 Å². The first kappa shape index (κ1) is 13.8. The summed E-state index contributed by atoms with van der Waals surface area (Å²) in [5, 5.41) is 0. The van der Waals surface area contributed by atoms with Crippen LogP contribution in [-0.2, 0) is 6.54 Å². The molecule has 0 aliphatic carbocycles. The van der Waals surface area contributed by atoms with E-state index < -0.39 is 0 Å². The van der Waals surface area contributed by atoms with Crippen molar-refractivity contribution >= 4 is 5.91 Å². The van der Waals surface area contributed by atoms with Gasteiger partial charge in [0.25, 0.3) is 5.91 Å². The number of aromatic nitrogens is 3. The average Bonchev–Trinajstić information content (AvgIpc) is 2.97. The fourth-order valence-electron chi connectivity index (χ4n) is 1.68. The van der Waals surface area contributed by atoms with Crippen LogP contribution in [-0.4, -0.2) is 39.4 Å². The van der Waals surface area contributed by atoms with Gasteiger partial charge in [0.15, 0.2) is 0 Å². The first-order chi connectivity index (χ1) is 9.70. The summed E-state index contributed by atoms with van der Waals surface area (Å²) < 4.78 is 0. The molecule has 2 aromatic rings. The molecular formula is C14H15N5O. The SMILES string of the molecule is CN(Cc1ncc[nH]1)C(=O)c1cncc(C#CCN)c1. The molecule has 3 N–H and O–H groups in total. The van der Waals surface area contributed by atoms with E-state index in [1.165, 1.54) is 6.20 Å². The minimum Gasteiger partial charge on any atom is -0.347 e. The first-order valence-corrected chi connectivity index (χ1v) is 6.08. The summed E-state index contributed by atoms with van der Waals surface area (Å²) in [5.41, 5.74) is 6.48. The Balaban J connectivity index is 2.12. The van der Waals surface area contributed by atoms with Gasteiger partial charge in [0.1, 0.15) is 5.82 Å². The molecule has 0 bridgehead atoms.